The van der Waals surface area contributed by atoms with E-state index in [1.165, 1.54) is 6.92 Å². The first-order chi connectivity index (χ1) is 11.0. The molecule has 0 bridgehead atoms. The molecule has 2 aromatic rings. The van der Waals surface area contributed by atoms with Crippen LogP contribution in [0.1, 0.15) is 12.5 Å². The molecule has 2 N–H and O–H groups in total. The Morgan fingerprint density at radius 3 is 2.65 bits per heavy atom. The normalized spacial score (nSPS) is 10.0. The number of benzene rings is 2. The summed E-state index contributed by atoms with van der Waals surface area (Å²) in [5, 5.41) is 6.03. The summed E-state index contributed by atoms with van der Waals surface area (Å²) in [6.07, 6.45) is 0. The van der Waals surface area contributed by atoms with Crippen LogP contribution in [0.5, 0.6) is 5.75 Å². The highest BCUT2D eigenvalue weighted by Gasteiger charge is 2.04. The fraction of sp³-hybridized carbons (Fsp3) is 0.176. The van der Waals surface area contributed by atoms with Gasteiger partial charge in [-0.2, -0.15) is 0 Å². The summed E-state index contributed by atoms with van der Waals surface area (Å²) >= 11 is 5.88. The number of nitrogens with one attached hydrogen (secondary N) is 2. The highest BCUT2D eigenvalue weighted by molar-refractivity contribution is 6.30. The van der Waals surface area contributed by atoms with Crippen LogP contribution in [-0.4, -0.2) is 18.4 Å². The van der Waals surface area contributed by atoms with Crippen LogP contribution in [0, 0.1) is 0 Å². The second kappa shape index (κ2) is 8.19. The Balaban J connectivity index is 1.81. The van der Waals surface area contributed by atoms with Crippen molar-refractivity contribution in [3.8, 4) is 5.75 Å². The monoisotopic (exact) mass is 332 g/mol. The fourth-order valence-electron chi connectivity index (χ4n) is 1.91. The lowest BCUT2D eigenvalue weighted by molar-refractivity contribution is -0.123. The minimum atomic E-state index is -0.241. The second-order valence-electron chi connectivity index (χ2n) is 4.90. The summed E-state index contributed by atoms with van der Waals surface area (Å²) in [5.74, 6) is 0.102. The lowest BCUT2D eigenvalue weighted by atomic mass is 10.2. The van der Waals surface area contributed by atoms with E-state index in [0.29, 0.717) is 23.0 Å². The van der Waals surface area contributed by atoms with Crippen LogP contribution < -0.4 is 15.4 Å². The van der Waals surface area contributed by atoms with Crippen LogP contribution in [0.2, 0.25) is 5.02 Å². The van der Waals surface area contributed by atoms with Gasteiger partial charge in [-0.1, -0.05) is 29.8 Å². The highest BCUT2D eigenvalue weighted by atomic mass is 35.5. The van der Waals surface area contributed by atoms with Crippen LogP contribution in [0.4, 0.5) is 5.69 Å². The van der Waals surface area contributed by atoms with Gasteiger partial charge in [0.05, 0.1) is 0 Å². The highest BCUT2D eigenvalue weighted by Crippen LogP contribution is 2.17. The predicted molar refractivity (Wildman–Crippen MR) is 89.5 cm³/mol. The summed E-state index contributed by atoms with van der Waals surface area (Å²) in [6, 6.07) is 14.1. The van der Waals surface area contributed by atoms with Gasteiger partial charge in [-0.05, 0) is 29.8 Å². The van der Waals surface area contributed by atoms with Crippen molar-refractivity contribution in [1.82, 2.24) is 5.32 Å². The molecule has 0 saturated heterocycles. The number of ether oxygens (including phenoxy) is 1. The van der Waals surface area contributed by atoms with Crippen molar-refractivity contribution in [1.29, 1.82) is 0 Å². The molecular weight excluding hydrogens is 316 g/mol. The van der Waals surface area contributed by atoms with Gasteiger partial charge in [0, 0.05) is 30.2 Å². The third-order valence-corrected chi connectivity index (χ3v) is 3.14. The van der Waals surface area contributed by atoms with Crippen LogP contribution in [0.3, 0.4) is 0 Å². The number of halogens is 1. The third kappa shape index (κ3) is 6.00. The molecule has 0 unspecified atom stereocenters. The Kier molecular flexibility index (Phi) is 6.00. The van der Waals surface area contributed by atoms with E-state index in [1.54, 1.807) is 36.4 Å². The molecule has 0 spiro atoms. The molecule has 5 nitrogen and oxygen atoms in total. The lowest BCUT2D eigenvalue weighted by Crippen LogP contribution is -2.28. The minimum absolute atomic E-state index is 0.107. The van der Waals surface area contributed by atoms with Crippen LogP contribution in [0.15, 0.2) is 48.5 Å². The van der Waals surface area contributed by atoms with Gasteiger partial charge in [0.1, 0.15) is 5.75 Å². The molecule has 0 aromatic heterocycles. The van der Waals surface area contributed by atoms with E-state index >= 15 is 0 Å². The van der Waals surface area contributed by atoms with Gasteiger partial charge in [-0.15, -0.1) is 0 Å². The van der Waals surface area contributed by atoms with E-state index in [9.17, 15) is 9.59 Å². The van der Waals surface area contributed by atoms with Crippen molar-refractivity contribution in [2.45, 2.75) is 13.5 Å². The van der Waals surface area contributed by atoms with E-state index in [-0.39, 0.29) is 18.4 Å². The Morgan fingerprint density at radius 1 is 1.13 bits per heavy atom. The topological polar surface area (TPSA) is 67.4 Å². The average molecular weight is 333 g/mol. The molecule has 0 aliphatic rings. The largest absolute Gasteiger partial charge is 0.484 e. The predicted octanol–water partition coefficient (Wildman–Crippen LogP) is 2.99. The summed E-state index contributed by atoms with van der Waals surface area (Å²) in [4.78, 5) is 22.8. The van der Waals surface area contributed by atoms with Gasteiger partial charge < -0.3 is 15.4 Å². The lowest BCUT2D eigenvalue weighted by Gasteiger charge is -2.09. The summed E-state index contributed by atoms with van der Waals surface area (Å²) < 4.78 is 5.41. The number of hydrogen-bond donors (Lipinski definition) is 2. The zero-order valence-electron chi connectivity index (χ0n) is 12.6. The minimum Gasteiger partial charge on any atom is -0.484 e. The molecule has 0 saturated carbocycles. The Labute approximate surface area is 139 Å². The van der Waals surface area contributed by atoms with E-state index in [0.717, 1.165) is 5.56 Å². The van der Waals surface area contributed by atoms with Crippen LogP contribution in [0.25, 0.3) is 0 Å². The van der Waals surface area contributed by atoms with Crippen LogP contribution >= 0.6 is 11.6 Å². The molecule has 6 heteroatoms. The standard InChI is InChI=1S/C17H17ClN2O3/c1-12(21)20-15-6-3-7-16(9-15)23-11-17(22)19-10-13-4-2-5-14(18)8-13/h2-9H,10-11H2,1H3,(H,19,22)(H,20,21). The molecule has 0 atom stereocenters. The van der Waals surface area contributed by atoms with Crippen molar-refractivity contribution in [2.75, 3.05) is 11.9 Å². The fourth-order valence-corrected chi connectivity index (χ4v) is 2.13. The molecular formula is C17H17ClN2O3. The Bertz CT molecular complexity index is 704. The summed E-state index contributed by atoms with van der Waals surface area (Å²) in [7, 11) is 0. The van der Waals surface area contributed by atoms with Crippen molar-refractivity contribution < 1.29 is 14.3 Å². The van der Waals surface area contributed by atoms with Crippen LogP contribution in [-0.2, 0) is 16.1 Å². The summed E-state index contributed by atoms with van der Waals surface area (Å²) in [6.45, 7) is 1.70. The molecule has 0 heterocycles. The van der Waals surface area contributed by atoms with E-state index in [1.807, 2.05) is 12.1 Å². The first kappa shape index (κ1) is 16.8. The molecule has 0 aliphatic heterocycles. The molecule has 0 fully saturated rings. The van der Waals surface area contributed by atoms with Gasteiger partial charge in [-0.25, -0.2) is 0 Å². The van der Waals surface area contributed by atoms with E-state index in [2.05, 4.69) is 10.6 Å². The van der Waals surface area contributed by atoms with Gasteiger partial charge in [-0.3, -0.25) is 9.59 Å². The molecule has 120 valence electrons. The average Bonchev–Trinajstić information content (AvgIpc) is 2.51. The maximum Gasteiger partial charge on any atom is 0.258 e. The number of hydrogen-bond acceptors (Lipinski definition) is 3. The zero-order valence-corrected chi connectivity index (χ0v) is 13.4. The molecule has 2 aromatic carbocycles. The Morgan fingerprint density at radius 2 is 1.91 bits per heavy atom. The van der Waals surface area contributed by atoms with Crippen molar-refractivity contribution in [3.05, 3.63) is 59.1 Å². The van der Waals surface area contributed by atoms with Gasteiger partial charge in [0.15, 0.2) is 6.61 Å². The third-order valence-electron chi connectivity index (χ3n) is 2.90. The Hall–Kier alpha value is -2.53. The summed E-state index contributed by atoms with van der Waals surface area (Å²) in [5.41, 5.74) is 1.54. The van der Waals surface area contributed by atoms with Gasteiger partial charge in [0.25, 0.3) is 5.91 Å². The van der Waals surface area contributed by atoms with E-state index < -0.39 is 0 Å². The van der Waals surface area contributed by atoms with E-state index in [4.69, 9.17) is 16.3 Å². The van der Waals surface area contributed by atoms with Crippen molar-refractivity contribution in [3.63, 3.8) is 0 Å². The molecule has 0 radical (unpaired) electrons. The number of anilines is 1. The van der Waals surface area contributed by atoms with Crippen molar-refractivity contribution in [2.24, 2.45) is 0 Å². The smallest absolute Gasteiger partial charge is 0.258 e. The molecule has 2 rings (SSSR count). The van der Waals surface area contributed by atoms with Gasteiger partial charge >= 0.3 is 0 Å². The zero-order chi connectivity index (χ0) is 16.7. The first-order valence-corrected chi connectivity index (χ1v) is 7.42. The second-order valence-corrected chi connectivity index (χ2v) is 5.34. The molecule has 23 heavy (non-hydrogen) atoms. The number of amides is 2. The quantitative estimate of drug-likeness (QED) is 0.854. The van der Waals surface area contributed by atoms with Gasteiger partial charge in [0.2, 0.25) is 5.91 Å². The maximum atomic E-state index is 11.8. The number of rotatable bonds is 6. The molecule has 0 aliphatic carbocycles. The van der Waals surface area contributed by atoms with Crippen molar-refractivity contribution >= 4 is 29.1 Å². The molecule has 2 amide bonds. The maximum absolute atomic E-state index is 11.8. The SMILES string of the molecule is CC(=O)Nc1cccc(OCC(=O)NCc2cccc(Cl)c2)c1. The first-order valence-electron chi connectivity index (χ1n) is 7.04. The number of carbonyl (C=O) groups excluding carboxylic acids is 2. The number of carbonyl (C=O) groups is 2.